The molecule has 0 amide bonds. The van der Waals surface area contributed by atoms with Crippen molar-refractivity contribution in [3.05, 3.63) is 16.6 Å². The zero-order chi connectivity index (χ0) is 10.0. The van der Waals surface area contributed by atoms with Crippen LogP contribution in [0.15, 0.2) is 11.7 Å². The van der Waals surface area contributed by atoms with E-state index in [-0.39, 0.29) is 0 Å². The normalized spacial score (nSPS) is 25.4. The van der Waals surface area contributed by atoms with Crippen LogP contribution >= 0.6 is 11.3 Å². The second-order valence-electron chi connectivity index (χ2n) is 4.95. The number of hydrogen-bond donors (Lipinski definition) is 1. The summed E-state index contributed by atoms with van der Waals surface area (Å²) in [5.41, 5.74) is 2.45. The molecule has 1 N–H and O–H groups in total. The van der Waals surface area contributed by atoms with Gasteiger partial charge in [-0.25, -0.2) is 0 Å². The largest absolute Gasteiger partial charge is 0.309 e. The zero-order valence-corrected chi connectivity index (χ0v) is 9.73. The lowest BCUT2D eigenvalue weighted by Gasteiger charge is -2.17. The van der Waals surface area contributed by atoms with E-state index in [0.29, 0.717) is 11.5 Å². The Hall–Kier alpha value is -0.410. The molecule has 78 valence electrons. The van der Waals surface area contributed by atoms with Crippen molar-refractivity contribution in [2.45, 2.75) is 45.7 Å². The van der Waals surface area contributed by atoms with Crippen molar-refractivity contribution in [3.8, 4) is 0 Å². The van der Waals surface area contributed by atoms with Crippen LogP contribution in [0.1, 0.15) is 38.0 Å². The summed E-state index contributed by atoms with van der Waals surface area (Å²) in [6.07, 6.45) is 5.95. The third-order valence-corrected chi connectivity index (χ3v) is 3.80. The van der Waals surface area contributed by atoms with Crippen molar-refractivity contribution < 1.29 is 0 Å². The SMILES string of the molecule is CC1(C)CCC(NCc2cncs2)C1. The first-order valence-corrected chi connectivity index (χ1v) is 6.14. The molecule has 1 atom stereocenters. The van der Waals surface area contributed by atoms with Crippen LogP contribution in [-0.4, -0.2) is 11.0 Å². The second-order valence-corrected chi connectivity index (χ2v) is 5.92. The second kappa shape index (κ2) is 3.99. The molecule has 0 aliphatic heterocycles. The molecule has 0 saturated heterocycles. The van der Waals surface area contributed by atoms with E-state index in [1.165, 1.54) is 24.1 Å². The average molecular weight is 210 g/mol. The summed E-state index contributed by atoms with van der Waals surface area (Å²) >= 11 is 1.73. The summed E-state index contributed by atoms with van der Waals surface area (Å²) < 4.78 is 0. The van der Waals surface area contributed by atoms with Gasteiger partial charge in [-0.05, 0) is 24.7 Å². The highest BCUT2D eigenvalue weighted by molar-refractivity contribution is 7.09. The summed E-state index contributed by atoms with van der Waals surface area (Å²) in [7, 11) is 0. The highest BCUT2D eigenvalue weighted by Gasteiger charge is 2.30. The van der Waals surface area contributed by atoms with E-state index in [9.17, 15) is 0 Å². The number of thiazole rings is 1. The van der Waals surface area contributed by atoms with Crippen LogP contribution in [-0.2, 0) is 6.54 Å². The monoisotopic (exact) mass is 210 g/mol. The Morgan fingerprint density at radius 3 is 3.07 bits per heavy atom. The summed E-state index contributed by atoms with van der Waals surface area (Å²) in [6.45, 7) is 5.72. The molecule has 1 unspecified atom stereocenters. The quantitative estimate of drug-likeness (QED) is 0.830. The van der Waals surface area contributed by atoms with Crippen molar-refractivity contribution >= 4 is 11.3 Å². The molecule has 3 heteroatoms. The fourth-order valence-corrected chi connectivity index (χ4v) is 2.73. The van der Waals surface area contributed by atoms with Gasteiger partial charge in [0, 0.05) is 23.7 Å². The van der Waals surface area contributed by atoms with Gasteiger partial charge < -0.3 is 5.32 Å². The standard InChI is InChI=1S/C11H18N2S/c1-11(2)4-3-9(5-11)13-7-10-6-12-8-14-10/h6,8-9,13H,3-5,7H2,1-2H3. The van der Waals surface area contributed by atoms with Gasteiger partial charge in [-0.1, -0.05) is 13.8 Å². The van der Waals surface area contributed by atoms with Crippen LogP contribution in [0.3, 0.4) is 0 Å². The van der Waals surface area contributed by atoms with Gasteiger partial charge in [-0.15, -0.1) is 11.3 Å². The smallest absolute Gasteiger partial charge is 0.0794 e. The topological polar surface area (TPSA) is 24.9 Å². The Kier molecular flexibility index (Phi) is 2.88. The molecule has 1 fully saturated rings. The summed E-state index contributed by atoms with van der Waals surface area (Å²) in [6, 6.07) is 0.715. The van der Waals surface area contributed by atoms with Crippen molar-refractivity contribution in [2.75, 3.05) is 0 Å². The number of nitrogens with one attached hydrogen (secondary N) is 1. The molecule has 1 aromatic rings. The Morgan fingerprint density at radius 2 is 2.50 bits per heavy atom. The average Bonchev–Trinajstić information content (AvgIpc) is 2.70. The van der Waals surface area contributed by atoms with Gasteiger partial charge in [0.15, 0.2) is 0 Å². The van der Waals surface area contributed by atoms with Gasteiger partial charge in [0.1, 0.15) is 0 Å². The van der Waals surface area contributed by atoms with E-state index in [2.05, 4.69) is 24.1 Å². The third kappa shape index (κ3) is 2.55. The fourth-order valence-electron chi connectivity index (χ4n) is 2.18. The number of aromatic nitrogens is 1. The predicted molar refractivity (Wildman–Crippen MR) is 60.4 cm³/mol. The van der Waals surface area contributed by atoms with Crippen LogP contribution in [0.2, 0.25) is 0 Å². The van der Waals surface area contributed by atoms with E-state index in [1.807, 2.05) is 11.7 Å². The van der Waals surface area contributed by atoms with Crippen LogP contribution in [0, 0.1) is 5.41 Å². The van der Waals surface area contributed by atoms with Crippen LogP contribution in [0.4, 0.5) is 0 Å². The van der Waals surface area contributed by atoms with Crippen molar-refractivity contribution in [1.82, 2.24) is 10.3 Å². The molecule has 14 heavy (non-hydrogen) atoms. The third-order valence-electron chi connectivity index (χ3n) is 3.02. The Bertz CT molecular complexity index is 279. The van der Waals surface area contributed by atoms with Gasteiger partial charge in [0.2, 0.25) is 0 Å². The van der Waals surface area contributed by atoms with Crippen LogP contribution < -0.4 is 5.32 Å². The first kappa shape index (κ1) is 10.1. The first-order chi connectivity index (χ1) is 6.66. The Labute approximate surface area is 89.8 Å². The van der Waals surface area contributed by atoms with E-state index >= 15 is 0 Å². The summed E-state index contributed by atoms with van der Waals surface area (Å²) in [5, 5.41) is 3.61. The maximum absolute atomic E-state index is 4.07. The first-order valence-electron chi connectivity index (χ1n) is 5.26. The minimum absolute atomic E-state index is 0.547. The van der Waals surface area contributed by atoms with Gasteiger partial charge in [0.05, 0.1) is 5.51 Å². The maximum atomic E-state index is 4.07. The number of nitrogens with zero attached hydrogens (tertiary/aromatic N) is 1. The lowest BCUT2D eigenvalue weighted by atomic mass is 9.92. The molecule has 0 spiro atoms. The predicted octanol–water partition coefficient (Wildman–Crippen LogP) is 2.81. The van der Waals surface area contributed by atoms with E-state index < -0.39 is 0 Å². The van der Waals surface area contributed by atoms with E-state index in [0.717, 1.165) is 6.54 Å². The van der Waals surface area contributed by atoms with Gasteiger partial charge in [-0.2, -0.15) is 0 Å². The number of hydrogen-bond acceptors (Lipinski definition) is 3. The molecular formula is C11H18N2S. The maximum Gasteiger partial charge on any atom is 0.0794 e. The Balaban J connectivity index is 1.78. The number of rotatable bonds is 3. The fraction of sp³-hybridized carbons (Fsp3) is 0.727. The van der Waals surface area contributed by atoms with Crippen molar-refractivity contribution in [2.24, 2.45) is 5.41 Å². The molecule has 1 heterocycles. The Morgan fingerprint density at radius 1 is 1.64 bits per heavy atom. The molecule has 1 aliphatic rings. The summed E-state index contributed by atoms with van der Waals surface area (Å²) in [5.74, 6) is 0. The highest BCUT2D eigenvalue weighted by atomic mass is 32.1. The van der Waals surface area contributed by atoms with E-state index in [4.69, 9.17) is 0 Å². The molecule has 2 rings (SSSR count). The highest BCUT2D eigenvalue weighted by Crippen LogP contribution is 2.36. The van der Waals surface area contributed by atoms with Crippen molar-refractivity contribution in [3.63, 3.8) is 0 Å². The zero-order valence-electron chi connectivity index (χ0n) is 8.92. The molecular weight excluding hydrogens is 192 g/mol. The molecule has 0 radical (unpaired) electrons. The molecule has 1 aromatic heterocycles. The summed E-state index contributed by atoms with van der Waals surface area (Å²) in [4.78, 5) is 5.42. The van der Waals surface area contributed by atoms with Gasteiger partial charge >= 0.3 is 0 Å². The van der Waals surface area contributed by atoms with Gasteiger partial charge in [-0.3, -0.25) is 4.98 Å². The van der Waals surface area contributed by atoms with Crippen molar-refractivity contribution in [1.29, 1.82) is 0 Å². The van der Waals surface area contributed by atoms with Crippen LogP contribution in [0.25, 0.3) is 0 Å². The lowest BCUT2D eigenvalue weighted by Crippen LogP contribution is -2.26. The van der Waals surface area contributed by atoms with E-state index in [1.54, 1.807) is 11.3 Å². The van der Waals surface area contributed by atoms with Gasteiger partial charge in [0.25, 0.3) is 0 Å². The molecule has 0 aromatic carbocycles. The molecule has 1 aliphatic carbocycles. The lowest BCUT2D eigenvalue weighted by molar-refractivity contribution is 0.364. The van der Waals surface area contributed by atoms with Crippen LogP contribution in [0.5, 0.6) is 0 Å². The minimum Gasteiger partial charge on any atom is -0.309 e. The molecule has 2 nitrogen and oxygen atoms in total. The molecule has 0 bridgehead atoms. The minimum atomic E-state index is 0.547. The molecule has 1 saturated carbocycles.